The molecule has 2 amide bonds. The summed E-state index contributed by atoms with van der Waals surface area (Å²) < 4.78 is 0. The van der Waals surface area contributed by atoms with Crippen molar-refractivity contribution < 1.29 is 9.90 Å². The van der Waals surface area contributed by atoms with Gasteiger partial charge in [0.1, 0.15) is 5.75 Å². The summed E-state index contributed by atoms with van der Waals surface area (Å²) in [5.41, 5.74) is 0.807. The maximum atomic E-state index is 12.3. The van der Waals surface area contributed by atoms with E-state index in [4.69, 9.17) is 0 Å². The number of anilines is 1. The molecule has 0 atom stereocenters. The van der Waals surface area contributed by atoms with Crippen LogP contribution in [0.25, 0.3) is 0 Å². The number of phenolic OH excluding ortho intramolecular Hbond substituents is 1. The summed E-state index contributed by atoms with van der Waals surface area (Å²) in [6.45, 7) is 1.70. The van der Waals surface area contributed by atoms with E-state index in [1.807, 2.05) is 4.90 Å². The van der Waals surface area contributed by atoms with Crippen LogP contribution in [-0.4, -0.2) is 36.2 Å². The lowest BCUT2D eigenvalue weighted by Crippen LogP contribution is -2.41. The predicted octanol–water partition coefficient (Wildman–Crippen LogP) is 2.82. The van der Waals surface area contributed by atoms with E-state index in [0.29, 0.717) is 0 Å². The molecule has 2 rings (SSSR count). The Kier molecular flexibility index (Phi) is 4.07. The number of hydrogen-bond donors (Lipinski definition) is 1. The van der Waals surface area contributed by atoms with Crippen LogP contribution in [0, 0.1) is 0 Å². The number of rotatable bonds is 1. The van der Waals surface area contributed by atoms with Gasteiger partial charge in [-0.2, -0.15) is 0 Å². The maximum Gasteiger partial charge on any atom is 0.324 e. The molecule has 1 saturated heterocycles. The SMILES string of the molecule is CN(C(=O)N1CCCCCC1)c1ccc(O)cc1. The smallest absolute Gasteiger partial charge is 0.324 e. The van der Waals surface area contributed by atoms with Crippen LogP contribution in [0.15, 0.2) is 24.3 Å². The van der Waals surface area contributed by atoms with Gasteiger partial charge in [0.05, 0.1) is 0 Å². The zero-order valence-electron chi connectivity index (χ0n) is 10.8. The second-order valence-electron chi connectivity index (χ2n) is 4.76. The summed E-state index contributed by atoms with van der Waals surface area (Å²) in [7, 11) is 1.78. The second kappa shape index (κ2) is 5.76. The van der Waals surface area contributed by atoms with Crippen molar-refractivity contribution in [1.82, 2.24) is 4.90 Å². The summed E-state index contributed by atoms with van der Waals surface area (Å²) in [5.74, 6) is 0.217. The third-order valence-corrected chi connectivity index (χ3v) is 3.40. The number of carbonyl (C=O) groups excluding carboxylic acids is 1. The number of aromatic hydroxyl groups is 1. The molecule has 0 saturated carbocycles. The molecule has 1 N–H and O–H groups in total. The standard InChI is InChI=1S/C14H20N2O2/c1-15(12-6-8-13(17)9-7-12)14(18)16-10-4-2-3-5-11-16/h6-9,17H,2-5,10-11H2,1H3. The summed E-state index contributed by atoms with van der Waals surface area (Å²) in [5, 5.41) is 9.25. The molecule has 1 aliphatic heterocycles. The van der Waals surface area contributed by atoms with E-state index in [1.165, 1.54) is 12.8 Å². The van der Waals surface area contributed by atoms with Gasteiger partial charge in [-0.15, -0.1) is 0 Å². The van der Waals surface area contributed by atoms with Crippen molar-refractivity contribution in [3.8, 4) is 5.75 Å². The van der Waals surface area contributed by atoms with Crippen molar-refractivity contribution in [3.05, 3.63) is 24.3 Å². The van der Waals surface area contributed by atoms with Gasteiger partial charge >= 0.3 is 6.03 Å². The minimum Gasteiger partial charge on any atom is -0.508 e. The highest BCUT2D eigenvalue weighted by atomic mass is 16.3. The van der Waals surface area contributed by atoms with Gasteiger partial charge in [0.2, 0.25) is 0 Å². The van der Waals surface area contributed by atoms with E-state index in [1.54, 1.807) is 36.2 Å². The lowest BCUT2D eigenvalue weighted by molar-refractivity contribution is 0.208. The molecule has 18 heavy (non-hydrogen) atoms. The lowest BCUT2D eigenvalue weighted by atomic mass is 10.2. The van der Waals surface area contributed by atoms with Crippen LogP contribution < -0.4 is 4.90 Å². The van der Waals surface area contributed by atoms with E-state index in [-0.39, 0.29) is 11.8 Å². The third-order valence-electron chi connectivity index (χ3n) is 3.40. The molecule has 0 spiro atoms. The molecule has 1 aliphatic rings. The maximum absolute atomic E-state index is 12.3. The van der Waals surface area contributed by atoms with Crippen LogP contribution in [0.3, 0.4) is 0 Å². The molecule has 1 heterocycles. The highest BCUT2D eigenvalue weighted by molar-refractivity contribution is 5.91. The molecule has 1 aromatic rings. The Morgan fingerprint density at radius 1 is 1.11 bits per heavy atom. The van der Waals surface area contributed by atoms with E-state index in [9.17, 15) is 9.90 Å². The number of phenols is 1. The monoisotopic (exact) mass is 248 g/mol. The number of benzene rings is 1. The summed E-state index contributed by atoms with van der Waals surface area (Å²) in [6.07, 6.45) is 4.61. The molecular formula is C14H20N2O2. The number of nitrogens with zero attached hydrogens (tertiary/aromatic N) is 2. The first kappa shape index (κ1) is 12.7. The molecule has 0 aromatic heterocycles. The number of urea groups is 1. The van der Waals surface area contributed by atoms with Crippen molar-refractivity contribution in [2.75, 3.05) is 25.0 Å². The van der Waals surface area contributed by atoms with Crippen LogP contribution in [0.4, 0.5) is 10.5 Å². The van der Waals surface area contributed by atoms with Crippen molar-refractivity contribution in [2.24, 2.45) is 0 Å². The highest BCUT2D eigenvalue weighted by Crippen LogP contribution is 2.19. The van der Waals surface area contributed by atoms with Crippen LogP contribution in [0.2, 0.25) is 0 Å². The molecule has 4 heteroatoms. The Balaban J connectivity index is 2.05. The Labute approximate surface area is 108 Å². The molecule has 0 aliphatic carbocycles. The van der Waals surface area contributed by atoms with Gasteiger partial charge in [-0.25, -0.2) is 4.79 Å². The first-order valence-corrected chi connectivity index (χ1v) is 6.50. The zero-order valence-corrected chi connectivity index (χ0v) is 10.8. The average Bonchev–Trinajstić information content (AvgIpc) is 2.67. The fourth-order valence-corrected chi connectivity index (χ4v) is 2.26. The summed E-state index contributed by atoms with van der Waals surface area (Å²) in [4.78, 5) is 15.9. The minimum atomic E-state index is 0.0441. The van der Waals surface area contributed by atoms with Crippen molar-refractivity contribution >= 4 is 11.7 Å². The first-order valence-electron chi connectivity index (χ1n) is 6.50. The third kappa shape index (κ3) is 2.94. The topological polar surface area (TPSA) is 43.8 Å². The Morgan fingerprint density at radius 2 is 1.67 bits per heavy atom. The van der Waals surface area contributed by atoms with Crippen LogP contribution in [0.1, 0.15) is 25.7 Å². The molecule has 1 fully saturated rings. The molecule has 0 bridgehead atoms. The molecule has 0 radical (unpaired) electrons. The van der Waals surface area contributed by atoms with Gasteiger partial charge in [-0.05, 0) is 37.1 Å². The molecular weight excluding hydrogens is 228 g/mol. The van der Waals surface area contributed by atoms with Crippen LogP contribution in [0.5, 0.6) is 5.75 Å². The lowest BCUT2D eigenvalue weighted by Gasteiger charge is -2.27. The van der Waals surface area contributed by atoms with Gasteiger partial charge in [0, 0.05) is 25.8 Å². The van der Waals surface area contributed by atoms with Gasteiger partial charge in [0.15, 0.2) is 0 Å². The van der Waals surface area contributed by atoms with E-state index < -0.39 is 0 Å². The number of amides is 2. The van der Waals surface area contributed by atoms with Crippen molar-refractivity contribution in [1.29, 1.82) is 0 Å². The Bertz CT molecular complexity index is 395. The normalized spacial score (nSPS) is 16.2. The van der Waals surface area contributed by atoms with Gasteiger partial charge in [-0.3, -0.25) is 4.90 Å². The fraction of sp³-hybridized carbons (Fsp3) is 0.500. The summed E-state index contributed by atoms with van der Waals surface area (Å²) in [6, 6.07) is 6.75. The average molecular weight is 248 g/mol. The Hall–Kier alpha value is -1.71. The van der Waals surface area contributed by atoms with E-state index in [2.05, 4.69) is 0 Å². The first-order chi connectivity index (χ1) is 8.68. The van der Waals surface area contributed by atoms with Gasteiger partial charge < -0.3 is 10.0 Å². The molecule has 0 unspecified atom stereocenters. The van der Waals surface area contributed by atoms with Gasteiger partial charge in [0.25, 0.3) is 0 Å². The molecule has 98 valence electrons. The zero-order chi connectivity index (χ0) is 13.0. The van der Waals surface area contributed by atoms with E-state index >= 15 is 0 Å². The quantitative estimate of drug-likeness (QED) is 0.830. The second-order valence-corrected chi connectivity index (χ2v) is 4.76. The van der Waals surface area contributed by atoms with Gasteiger partial charge in [-0.1, -0.05) is 12.8 Å². The number of carbonyl (C=O) groups is 1. The number of hydrogen-bond acceptors (Lipinski definition) is 2. The van der Waals surface area contributed by atoms with Crippen LogP contribution >= 0.6 is 0 Å². The molecule has 4 nitrogen and oxygen atoms in total. The van der Waals surface area contributed by atoms with Crippen LogP contribution in [-0.2, 0) is 0 Å². The summed E-state index contributed by atoms with van der Waals surface area (Å²) >= 11 is 0. The number of likely N-dealkylation sites (tertiary alicyclic amines) is 1. The highest BCUT2D eigenvalue weighted by Gasteiger charge is 2.19. The van der Waals surface area contributed by atoms with E-state index in [0.717, 1.165) is 31.6 Å². The largest absolute Gasteiger partial charge is 0.508 e. The molecule has 1 aromatic carbocycles. The fourth-order valence-electron chi connectivity index (χ4n) is 2.26. The van der Waals surface area contributed by atoms with Crippen molar-refractivity contribution in [2.45, 2.75) is 25.7 Å². The Morgan fingerprint density at radius 3 is 2.22 bits per heavy atom. The predicted molar refractivity (Wildman–Crippen MR) is 71.9 cm³/mol. The van der Waals surface area contributed by atoms with Crippen molar-refractivity contribution in [3.63, 3.8) is 0 Å². The minimum absolute atomic E-state index is 0.0441.